The maximum Gasteiger partial charge on any atom is 0.308 e. The molecule has 1 atom stereocenters. The minimum absolute atomic E-state index is 0.235. The molecule has 2 rings (SSSR count). The summed E-state index contributed by atoms with van der Waals surface area (Å²) in [5.74, 6) is -1.58. The summed E-state index contributed by atoms with van der Waals surface area (Å²) in [6.45, 7) is 2.39. The Kier molecular flexibility index (Phi) is 3.30. The SMILES string of the molecule is Cc1nn(C)c(Cl)c1C(=O)N1CCC(C(=O)O)C1. The largest absolute Gasteiger partial charge is 0.481 e. The maximum absolute atomic E-state index is 12.3. The number of nitrogens with zero attached hydrogens (tertiary/aromatic N) is 3. The molecule has 0 bridgehead atoms. The quantitative estimate of drug-likeness (QED) is 0.868. The zero-order chi connectivity index (χ0) is 13.4. The third kappa shape index (κ3) is 2.08. The van der Waals surface area contributed by atoms with Crippen molar-refractivity contribution in [3.05, 3.63) is 16.4 Å². The Balaban J connectivity index is 2.20. The van der Waals surface area contributed by atoms with Crippen LogP contribution in [-0.4, -0.2) is 44.8 Å². The Hall–Kier alpha value is -1.56. The van der Waals surface area contributed by atoms with Gasteiger partial charge in [0, 0.05) is 20.1 Å². The van der Waals surface area contributed by atoms with Crippen LogP contribution in [0.1, 0.15) is 22.5 Å². The van der Waals surface area contributed by atoms with Crippen LogP contribution in [0.5, 0.6) is 0 Å². The van der Waals surface area contributed by atoms with Crippen molar-refractivity contribution >= 4 is 23.5 Å². The lowest BCUT2D eigenvalue weighted by Crippen LogP contribution is -2.30. The lowest BCUT2D eigenvalue weighted by molar-refractivity contribution is -0.141. The van der Waals surface area contributed by atoms with Crippen molar-refractivity contribution in [1.29, 1.82) is 0 Å². The van der Waals surface area contributed by atoms with Gasteiger partial charge in [0.25, 0.3) is 5.91 Å². The van der Waals surface area contributed by atoms with Crippen LogP contribution in [0.15, 0.2) is 0 Å². The van der Waals surface area contributed by atoms with Crippen molar-refractivity contribution in [2.75, 3.05) is 13.1 Å². The molecule has 6 nitrogen and oxygen atoms in total. The molecule has 1 aliphatic rings. The van der Waals surface area contributed by atoms with Crippen LogP contribution in [0.25, 0.3) is 0 Å². The summed E-state index contributed by atoms with van der Waals surface area (Å²) in [6, 6.07) is 0. The fourth-order valence-electron chi connectivity index (χ4n) is 2.18. The van der Waals surface area contributed by atoms with Gasteiger partial charge in [0.1, 0.15) is 5.15 Å². The molecule has 0 spiro atoms. The Bertz CT molecular complexity index is 512. The van der Waals surface area contributed by atoms with Gasteiger partial charge in [-0.3, -0.25) is 14.3 Å². The van der Waals surface area contributed by atoms with Crippen molar-refractivity contribution in [1.82, 2.24) is 14.7 Å². The fourth-order valence-corrected chi connectivity index (χ4v) is 2.43. The van der Waals surface area contributed by atoms with E-state index in [0.29, 0.717) is 24.2 Å². The van der Waals surface area contributed by atoms with Crippen LogP contribution in [0.2, 0.25) is 5.15 Å². The van der Waals surface area contributed by atoms with E-state index in [0.717, 1.165) is 0 Å². The lowest BCUT2D eigenvalue weighted by atomic mass is 10.1. The van der Waals surface area contributed by atoms with E-state index in [9.17, 15) is 9.59 Å². The van der Waals surface area contributed by atoms with Gasteiger partial charge in [0.15, 0.2) is 0 Å². The number of rotatable bonds is 2. The molecule has 0 radical (unpaired) electrons. The first-order valence-electron chi connectivity index (χ1n) is 5.63. The van der Waals surface area contributed by atoms with Gasteiger partial charge in [0.05, 0.1) is 17.2 Å². The molecule has 1 saturated heterocycles. The highest BCUT2D eigenvalue weighted by Crippen LogP contribution is 2.24. The zero-order valence-corrected chi connectivity index (χ0v) is 10.9. The van der Waals surface area contributed by atoms with Gasteiger partial charge in [-0.2, -0.15) is 5.10 Å². The summed E-state index contributed by atoms with van der Waals surface area (Å²) < 4.78 is 1.44. The Morgan fingerprint density at radius 3 is 2.61 bits per heavy atom. The minimum atomic E-state index is -0.862. The predicted molar refractivity (Wildman–Crippen MR) is 64.6 cm³/mol. The van der Waals surface area contributed by atoms with Crippen LogP contribution in [0.3, 0.4) is 0 Å². The van der Waals surface area contributed by atoms with E-state index >= 15 is 0 Å². The summed E-state index contributed by atoms with van der Waals surface area (Å²) in [7, 11) is 1.66. The van der Waals surface area contributed by atoms with Crippen LogP contribution >= 0.6 is 11.6 Å². The van der Waals surface area contributed by atoms with E-state index in [2.05, 4.69) is 5.10 Å². The number of carboxylic acid groups (broad SMARTS) is 1. The van der Waals surface area contributed by atoms with Crippen molar-refractivity contribution < 1.29 is 14.7 Å². The number of carbonyl (C=O) groups is 2. The van der Waals surface area contributed by atoms with Crippen molar-refractivity contribution in [3.63, 3.8) is 0 Å². The van der Waals surface area contributed by atoms with Gasteiger partial charge in [0.2, 0.25) is 0 Å². The van der Waals surface area contributed by atoms with Gasteiger partial charge in [-0.15, -0.1) is 0 Å². The van der Waals surface area contributed by atoms with Gasteiger partial charge in [-0.1, -0.05) is 11.6 Å². The number of aryl methyl sites for hydroxylation is 2. The van der Waals surface area contributed by atoms with E-state index in [1.165, 1.54) is 9.58 Å². The normalized spacial score (nSPS) is 19.3. The van der Waals surface area contributed by atoms with Crippen LogP contribution < -0.4 is 0 Å². The first kappa shape index (κ1) is 12.9. The predicted octanol–water partition coefficient (Wildman–Crippen LogP) is 0.929. The molecule has 0 aromatic carbocycles. The monoisotopic (exact) mass is 271 g/mol. The smallest absolute Gasteiger partial charge is 0.308 e. The standard InChI is InChI=1S/C11H14ClN3O3/c1-6-8(9(12)14(2)13-6)10(16)15-4-3-7(5-15)11(17)18/h7H,3-5H2,1-2H3,(H,17,18). The summed E-state index contributed by atoms with van der Waals surface area (Å²) >= 11 is 6.02. The Morgan fingerprint density at radius 1 is 1.50 bits per heavy atom. The lowest BCUT2D eigenvalue weighted by Gasteiger charge is -2.15. The molecule has 0 saturated carbocycles. The Morgan fingerprint density at radius 2 is 2.17 bits per heavy atom. The molecule has 1 fully saturated rings. The molecule has 1 N–H and O–H groups in total. The minimum Gasteiger partial charge on any atom is -0.481 e. The number of likely N-dealkylation sites (tertiary alicyclic amines) is 1. The second kappa shape index (κ2) is 4.61. The zero-order valence-electron chi connectivity index (χ0n) is 10.2. The molecule has 7 heteroatoms. The summed E-state index contributed by atoms with van der Waals surface area (Å²) in [5, 5.41) is 13.3. The van der Waals surface area contributed by atoms with E-state index in [4.69, 9.17) is 16.7 Å². The fraction of sp³-hybridized carbons (Fsp3) is 0.545. The third-order valence-corrected chi connectivity index (χ3v) is 3.62. The first-order valence-corrected chi connectivity index (χ1v) is 6.00. The number of amides is 1. The number of hydrogen-bond donors (Lipinski definition) is 1. The average molecular weight is 272 g/mol. The van der Waals surface area contributed by atoms with Gasteiger partial charge in [-0.25, -0.2) is 0 Å². The molecule has 98 valence electrons. The molecule has 1 aromatic rings. The molecular weight excluding hydrogens is 258 g/mol. The van der Waals surface area contributed by atoms with Crippen molar-refractivity contribution in [2.45, 2.75) is 13.3 Å². The summed E-state index contributed by atoms with van der Waals surface area (Å²) in [5.41, 5.74) is 0.927. The molecule has 1 aliphatic heterocycles. The van der Waals surface area contributed by atoms with Crippen molar-refractivity contribution in [3.8, 4) is 0 Å². The van der Waals surface area contributed by atoms with Gasteiger partial charge in [-0.05, 0) is 13.3 Å². The van der Waals surface area contributed by atoms with Gasteiger partial charge >= 0.3 is 5.97 Å². The number of carboxylic acids is 1. The van der Waals surface area contributed by atoms with Crippen LogP contribution in [-0.2, 0) is 11.8 Å². The highest BCUT2D eigenvalue weighted by Gasteiger charge is 2.33. The number of hydrogen-bond acceptors (Lipinski definition) is 3. The average Bonchev–Trinajstić information content (AvgIpc) is 2.85. The topological polar surface area (TPSA) is 75.4 Å². The van der Waals surface area contributed by atoms with Crippen molar-refractivity contribution in [2.24, 2.45) is 13.0 Å². The molecule has 1 amide bonds. The molecule has 2 heterocycles. The highest BCUT2D eigenvalue weighted by atomic mass is 35.5. The molecule has 0 aliphatic carbocycles. The van der Waals surface area contributed by atoms with E-state index in [-0.39, 0.29) is 17.6 Å². The van der Waals surface area contributed by atoms with E-state index < -0.39 is 11.9 Å². The first-order chi connectivity index (χ1) is 8.41. The van der Waals surface area contributed by atoms with Gasteiger partial charge < -0.3 is 10.0 Å². The van der Waals surface area contributed by atoms with Crippen LogP contribution in [0, 0.1) is 12.8 Å². The maximum atomic E-state index is 12.3. The second-order valence-electron chi connectivity index (χ2n) is 4.45. The summed E-state index contributed by atoms with van der Waals surface area (Å²) in [4.78, 5) is 24.7. The Labute approximate surface area is 109 Å². The van der Waals surface area contributed by atoms with E-state index in [1.54, 1.807) is 14.0 Å². The number of aliphatic carboxylic acids is 1. The molecule has 1 unspecified atom stereocenters. The molecule has 18 heavy (non-hydrogen) atoms. The number of carbonyl (C=O) groups excluding carboxylic acids is 1. The second-order valence-corrected chi connectivity index (χ2v) is 4.81. The van der Waals surface area contributed by atoms with Crippen LogP contribution in [0.4, 0.5) is 0 Å². The molecule has 1 aromatic heterocycles. The number of aromatic nitrogens is 2. The number of halogens is 1. The molecular formula is C11H14ClN3O3. The summed E-state index contributed by atoms with van der Waals surface area (Å²) in [6.07, 6.45) is 0.484. The third-order valence-electron chi connectivity index (χ3n) is 3.19. The van der Waals surface area contributed by atoms with E-state index in [1.807, 2.05) is 0 Å². The highest BCUT2D eigenvalue weighted by molar-refractivity contribution is 6.33.